The summed E-state index contributed by atoms with van der Waals surface area (Å²) in [7, 11) is 0. The second-order valence-electron chi connectivity index (χ2n) is 9.02. The molecule has 4 rings (SSSR count). The Labute approximate surface area is 214 Å². The van der Waals surface area contributed by atoms with Crippen LogP contribution in [0.3, 0.4) is 0 Å². The SMILES string of the molecule is CC(C)CC(=O)NCCOc1cc2ncnc(Nc3ccc(F)c(Cl)c3)c2cc1OC1CCOCC1. The van der Waals surface area contributed by atoms with Crippen LogP contribution in [-0.4, -0.2) is 48.3 Å². The Balaban J connectivity index is 1.57. The fraction of sp³-hybridized carbons (Fsp3) is 0.423. The van der Waals surface area contributed by atoms with Crippen molar-refractivity contribution in [3.63, 3.8) is 0 Å². The lowest BCUT2D eigenvalue weighted by atomic mass is 10.1. The number of rotatable bonds is 10. The summed E-state index contributed by atoms with van der Waals surface area (Å²) in [6.07, 6.45) is 3.44. The topological polar surface area (TPSA) is 94.6 Å². The van der Waals surface area contributed by atoms with Gasteiger partial charge in [0.05, 0.1) is 30.3 Å². The van der Waals surface area contributed by atoms with Crippen molar-refractivity contribution in [1.29, 1.82) is 0 Å². The first-order valence-corrected chi connectivity index (χ1v) is 12.4. The maximum atomic E-state index is 13.6. The second kappa shape index (κ2) is 12.2. The molecule has 1 aliphatic rings. The number of hydrogen-bond acceptors (Lipinski definition) is 7. The number of hydrogen-bond donors (Lipinski definition) is 2. The normalized spacial score (nSPS) is 14.1. The van der Waals surface area contributed by atoms with E-state index in [0.29, 0.717) is 66.0 Å². The van der Waals surface area contributed by atoms with E-state index in [4.69, 9.17) is 25.8 Å². The van der Waals surface area contributed by atoms with Gasteiger partial charge in [0.1, 0.15) is 30.7 Å². The lowest BCUT2D eigenvalue weighted by molar-refractivity contribution is -0.121. The molecule has 1 aromatic heterocycles. The molecule has 192 valence electrons. The molecule has 3 aromatic rings. The van der Waals surface area contributed by atoms with Crippen LogP contribution in [0.1, 0.15) is 33.1 Å². The number of amides is 1. The summed E-state index contributed by atoms with van der Waals surface area (Å²) in [4.78, 5) is 20.7. The third kappa shape index (κ3) is 6.95. The monoisotopic (exact) mass is 516 g/mol. The summed E-state index contributed by atoms with van der Waals surface area (Å²) in [6.45, 7) is 5.93. The summed E-state index contributed by atoms with van der Waals surface area (Å²) >= 11 is 5.94. The predicted octanol–water partition coefficient (Wildman–Crippen LogP) is 5.26. The largest absolute Gasteiger partial charge is 0.488 e. The number of carbonyl (C=O) groups excluding carboxylic acids is 1. The minimum Gasteiger partial charge on any atom is -0.488 e. The van der Waals surface area contributed by atoms with Crippen molar-refractivity contribution in [2.45, 2.75) is 39.2 Å². The third-order valence-electron chi connectivity index (χ3n) is 5.62. The van der Waals surface area contributed by atoms with Crippen LogP contribution in [-0.2, 0) is 9.53 Å². The Morgan fingerprint density at radius 1 is 1.19 bits per heavy atom. The Morgan fingerprint density at radius 3 is 2.75 bits per heavy atom. The van der Waals surface area contributed by atoms with Crippen molar-refractivity contribution in [2.24, 2.45) is 5.92 Å². The molecule has 0 atom stereocenters. The van der Waals surface area contributed by atoms with Gasteiger partial charge in [0, 0.05) is 36.4 Å². The average molecular weight is 517 g/mol. The van der Waals surface area contributed by atoms with Crippen LogP contribution in [0.15, 0.2) is 36.7 Å². The minimum atomic E-state index is -0.496. The highest BCUT2D eigenvalue weighted by molar-refractivity contribution is 6.31. The van der Waals surface area contributed by atoms with Gasteiger partial charge < -0.3 is 24.8 Å². The predicted molar refractivity (Wildman–Crippen MR) is 137 cm³/mol. The number of nitrogens with zero attached hydrogens (tertiary/aromatic N) is 2. The van der Waals surface area contributed by atoms with Gasteiger partial charge >= 0.3 is 0 Å². The number of halogens is 2. The first-order chi connectivity index (χ1) is 17.4. The molecule has 0 unspecified atom stereocenters. The van der Waals surface area contributed by atoms with E-state index < -0.39 is 5.82 Å². The number of carbonyl (C=O) groups is 1. The number of anilines is 2. The fourth-order valence-corrected chi connectivity index (χ4v) is 4.03. The lowest BCUT2D eigenvalue weighted by Gasteiger charge is -2.25. The molecule has 0 spiro atoms. The molecule has 1 saturated heterocycles. The first kappa shape index (κ1) is 25.9. The maximum absolute atomic E-state index is 13.6. The molecule has 0 radical (unpaired) electrons. The zero-order valence-corrected chi connectivity index (χ0v) is 21.1. The number of aromatic nitrogens is 2. The third-order valence-corrected chi connectivity index (χ3v) is 5.91. The summed E-state index contributed by atoms with van der Waals surface area (Å²) in [5.41, 5.74) is 1.23. The van der Waals surface area contributed by atoms with Crippen LogP contribution in [0, 0.1) is 11.7 Å². The zero-order chi connectivity index (χ0) is 25.5. The van der Waals surface area contributed by atoms with Gasteiger partial charge in [0.25, 0.3) is 0 Å². The Bertz CT molecular complexity index is 1200. The smallest absolute Gasteiger partial charge is 0.220 e. The van der Waals surface area contributed by atoms with E-state index >= 15 is 0 Å². The molecular weight excluding hydrogens is 487 g/mol. The van der Waals surface area contributed by atoms with Crippen LogP contribution in [0.2, 0.25) is 5.02 Å². The van der Waals surface area contributed by atoms with E-state index in [9.17, 15) is 9.18 Å². The fourth-order valence-electron chi connectivity index (χ4n) is 3.85. The van der Waals surface area contributed by atoms with Crippen LogP contribution < -0.4 is 20.1 Å². The molecule has 0 saturated carbocycles. The van der Waals surface area contributed by atoms with Gasteiger partial charge in [-0.2, -0.15) is 0 Å². The van der Waals surface area contributed by atoms with Crippen LogP contribution in [0.25, 0.3) is 10.9 Å². The summed E-state index contributed by atoms with van der Waals surface area (Å²) in [5, 5.41) is 6.77. The van der Waals surface area contributed by atoms with E-state index in [-0.39, 0.29) is 23.6 Å². The molecule has 8 nitrogen and oxygen atoms in total. The van der Waals surface area contributed by atoms with Crippen molar-refractivity contribution in [1.82, 2.24) is 15.3 Å². The van der Waals surface area contributed by atoms with E-state index in [2.05, 4.69) is 20.6 Å². The van der Waals surface area contributed by atoms with Crippen molar-refractivity contribution < 1.29 is 23.4 Å². The standard InChI is InChI=1S/C26H30ClFN4O4/c1-16(2)11-25(33)29-7-10-35-23-14-22-19(13-24(23)36-18-5-8-34-9-6-18)26(31-15-30-22)32-17-3-4-21(28)20(27)12-17/h3-4,12-16,18H,5-11H2,1-2H3,(H,29,33)(H,30,31,32). The van der Waals surface area contributed by atoms with Crippen molar-refractivity contribution in [3.8, 4) is 11.5 Å². The van der Waals surface area contributed by atoms with E-state index in [1.165, 1.54) is 18.5 Å². The van der Waals surface area contributed by atoms with Gasteiger partial charge in [-0.25, -0.2) is 14.4 Å². The van der Waals surface area contributed by atoms with E-state index in [1.807, 2.05) is 19.9 Å². The molecule has 1 amide bonds. The summed E-state index contributed by atoms with van der Waals surface area (Å²) in [6, 6.07) is 8.00. The summed E-state index contributed by atoms with van der Waals surface area (Å²) < 4.78 is 31.4. The lowest BCUT2D eigenvalue weighted by Crippen LogP contribution is -2.29. The minimum absolute atomic E-state index is 0.00450. The molecule has 0 aliphatic carbocycles. The highest BCUT2D eigenvalue weighted by atomic mass is 35.5. The molecular formula is C26H30ClFN4O4. The van der Waals surface area contributed by atoms with Crippen molar-refractivity contribution in [2.75, 3.05) is 31.7 Å². The number of nitrogens with one attached hydrogen (secondary N) is 2. The number of fused-ring (bicyclic) bond motifs is 1. The maximum Gasteiger partial charge on any atom is 0.220 e. The molecule has 10 heteroatoms. The Kier molecular flexibility index (Phi) is 8.77. The number of ether oxygens (including phenoxy) is 3. The first-order valence-electron chi connectivity index (χ1n) is 12.0. The van der Waals surface area contributed by atoms with Crippen LogP contribution in [0.4, 0.5) is 15.9 Å². The van der Waals surface area contributed by atoms with Crippen LogP contribution in [0.5, 0.6) is 11.5 Å². The van der Waals surface area contributed by atoms with Crippen molar-refractivity contribution >= 4 is 39.9 Å². The molecule has 1 fully saturated rings. The highest BCUT2D eigenvalue weighted by Crippen LogP contribution is 2.36. The summed E-state index contributed by atoms with van der Waals surface area (Å²) in [5.74, 6) is 1.39. The molecule has 1 aliphatic heterocycles. The quantitative estimate of drug-likeness (QED) is 0.355. The Hall–Kier alpha value is -3.17. The van der Waals surface area contributed by atoms with Gasteiger partial charge in [0.2, 0.25) is 5.91 Å². The average Bonchev–Trinajstić information content (AvgIpc) is 2.85. The molecule has 0 bridgehead atoms. The molecule has 2 aromatic carbocycles. The van der Waals surface area contributed by atoms with Gasteiger partial charge in [-0.1, -0.05) is 25.4 Å². The van der Waals surface area contributed by atoms with E-state index in [1.54, 1.807) is 12.1 Å². The van der Waals surface area contributed by atoms with Gasteiger partial charge in [-0.3, -0.25) is 4.79 Å². The van der Waals surface area contributed by atoms with Gasteiger partial charge in [-0.15, -0.1) is 0 Å². The van der Waals surface area contributed by atoms with E-state index in [0.717, 1.165) is 12.8 Å². The highest BCUT2D eigenvalue weighted by Gasteiger charge is 2.20. The van der Waals surface area contributed by atoms with Crippen molar-refractivity contribution in [3.05, 3.63) is 47.5 Å². The zero-order valence-electron chi connectivity index (χ0n) is 20.4. The molecule has 2 N–H and O–H groups in total. The van der Waals surface area contributed by atoms with Gasteiger partial charge in [-0.05, 0) is 30.2 Å². The van der Waals surface area contributed by atoms with Gasteiger partial charge in [0.15, 0.2) is 11.5 Å². The number of benzene rings is 2. The van der Waals surface area contributed by atoms with Crippen LogP contribution >= 0.6 is 11.6 Å². The molecule has 2 heterocycles. The Morgan fingerprint density at radius 2 is 2.00 bits per heavy atom. The molecule has 36 heavy (non-hydrogen) atoms. The second-order valence-corrected chi connectivity index (χ2v) is 9.43.